The number of rotatable bonds is 5. The summed E-state index contributed by atoms with van der Waals surface area (Å²) in [5.41, 5.74) is 4.98. The van der Waals surface area contributed by atoms with Gasteiger partial charge < -0.3 is 4.90 Å². The summed E-state index contributed by atoms with van der Waals surface area (Å²) in [4.78, 5) is 21.1. The molecular formula is C19H27N5O. The number of likely N-dealkylation sites (tertiary alicyclic amines) is 1. The van der Waals surface area contributed by atoms with E-state index in [0.29, 0.717) is 18.3 Å². The largest absolute Gasteiger partial charge is 0.340 e. The lowest BCUT2D eigenvalue weighted by atomic mass is 10.0. The molecule has 0 spiro atoms. The van der Waals surface area contributed by atoms with E-state index >= 15 is 0 Å². The van der Waals surface area contributed by atoms with E-state index in [0.717, 1.165) is 30.8 Å². The average molecular weight is 341 g/mol. The van der Waals surface area contributed by atoms with Gasteiger partial charge in [0.25, 0.3) is 5.91 Å². The number of carbonyl (C=O) groups is 1. The van der Waals surface area contributed by atoms with Gasteiger partial charge in [-0.25, -0.2) is 0 Å². The predicted molar refractivity (Wildman–Crippen MR) is 97.6 cm³/mol. The molecule has 1 fully saturated rings. The van der Waals surface area contributed by atoms with Crippen LogP contribution in [-0.4, -0.2) is 58.1 Å². The zero-order valence-corrected chi connectivity index (χ0v) is 15.5. The lowest BCUT2D eigenvalue weighted by Crippen LogP contribution is -2.30. The molecule has 1 N–H and O–H groups in total. The molecule has 1 aliphatic heterocycles. The number of carbonyl (C=O) groups excluding carboxylic acids is 1. The molecule has 1 amide bonds. The van der Waals surface area contributed by atoms with Crippen molar-refractivity contribution in [3.8, 4) is 0 Å². The van der Waals surface area contributed by atoms with Crippen molar-refractivity contribution >= 4 is 5.91 Å². The third kappa shape index (κ3) is 3.74. The first-order chi connectivity index (χ1) is 12.0. The Morgan fingerprint density at radius 2 is 2.24 bits per heavy atom. The number of pyridine rings is 1. The van der Waals surface area contributed by atoms with E-state index in [9.17, 15) is 4.79 Å². The molecule has 0 unspecified atom stereocenters. The lowest BCUT2D eigenvalue weighted by Gasteiger charge is -2.21. The first-order valence-electron chi connectivity index (χ1n) is 8.89. The van der Waals surface area contributed by atoms with Gasteiger partial charge in [-0.2, -0.15) is 5.10 Å². The Labute approximate surface area is 149 Å². The van der Waals surface area contributed by atoms with Gasteiger partial charge in [0.2, 0.25) is 0 Å². The SMILES string of the molecule is Cc1n[nH]c(C)c1CCN(C)C(=O)c1cc([C@@H]2CCCN2C)ccn1. The Bertz CT molecular complexity index is 735. The molecule has 2 aromatic rings. The van der Waals surface area contributed by atoms with Gasteiger partial charge >= 0.3 is 0 Å². The maximum Gasteiger partial charge on any atom is 0.272 e. The summed E-state index contributed by atoms with van der Waals surface area (Å²) in [6.07, 6.45) is 4.90. The van der Waals surface area contributed by atoms with Gasteiger partial charge in [-0.15, -0.1) is 0 Å². The number of aromatic nitrogens is 3. The predicted octanol–water partition coefficient (Wildman–Crippen LogP) is 2.50. The minimum Gasteiger partial charge on any atom is -0.340 e. The zero-order chi connectivity index (χ0) is 18.0. The van der Waals surface area contributed by atoms with Crippen LogP contribution in [-0.2, 0) is 6.42 Å². The molecule has 0 bridgehead atoms. The maximum atomic E-state index is 12.7. The molecule has 1 aliphatic rings. The average Bonchev–Trinajstić information content (AvgIpc) is 3.18. The topological polar surface area (TPSA) is 65.1 Å². The standard InChI is InChI=1S/C19H27N5O/c1-13-16(14(2)22-21-13)8-11-24(4)19(25)17-12-15(7-9-20-17)18-6-5-10-23(18)3/h7,9,12,18H,5-6,8,10-11H2,1-4H3,(H,21,22)/t18-/m0/s1. The third-order valence-corrected chi connectivity index (χ3v) is 5.23. The first kappa shape index (κ1) is 17.6. The van der Waals surface area contributed by atoms with Crippen molar-refractivity contribution < 1.29 is 4.79 Å². The van der Waals surface area contributed by atoms with Crippen LogP contribution >= 0.6 is 0 Å². The maximum absolute atomic E-state index is 12.7. The minimum absolute atomic E-state index is 0.0266. The molecule has 3 heterocycles. The number of nitrogens with zero attached hydrogens (tertiary/aromatic N) is 4. The van der Waals surface area contributed by atoms with Gasteiger partial charge in [-0.1, -0.05) is 0 Å². The Kier molecular flexibility index (Phi) is 5.18. The normalized spacial score (nSPS) is 17.8. The van der Waals surface area contributed by atoms with Crippen LogP contribution in [0.3, 0.4) is 0 Å². The van der Waals surface area contributed by atoms with Crippen LogP contribution in [0.1, 0.15) is 51.9 Å². The minimum atomic E-state index is -0.0266. The molecule has 1 atom stereocenters. The van der Waals surface area contributed by atoms with Crippen molar-refractivity contribution in [3.63, 3.8) is 0 Å². The second kappa shape index (κ2) is 7.35. The van der Waals surface area contributed by atoms with Crippen LogP contribution in [0, 0.1) is 13.8 Å². The van der Waals surface area contributed by atoms with Crippen LogP contribution in [0.15, 0.2) is 18.3 Å². The zero-order valence-electron chi connectivity index (χ0n) is 15.5. The van der Waals surface area contributed by atoms with E-state index in [1.165, 1.54) is 17.5 Å². The van der Waals surface area contributed by atoms with Gasteiger partial charge in [-0.3, -0.25) is 19.8 Å². The van der Waals surface area contributed by atoms with Gasteiger partial charge in [0, 0.05) is 31.5 Å². The number of likely N-dealkylation sites (N-methyl/N-ethyl adjacent to an activating group) is 1. The molecule has 0 radical (unpaired) electrons. The van der Waals surface area contributed by atoms with Crippen molar-refractivity contribution in [1.82, 2.24) is 25.0 Å². The highest BCUT2D eigenvalue weighted by molar-refractivity contribution is 5.92. The molecule has 25 heavy (non-hydrogen) atoms. The fourth-order valence-corrected chi connectivity index (χ4v) is 3.62. The number of H-pyrrole nitrogens is 1. The number of hydrogen-bond acceptors (Lipinski definition) is 4. The van der Waals surface area contributed by atoms with Crippen molar-refractivity contribution in [2.45, 2.75) is 39.2 Å². The molecule has 6 heteroatoms. The lowest BCUT2D eigenvalue weighted by molar-refractivity contribution is 0.0790. The highest BCUT2D eigenvalue weighted by Gasteiger charge is 2.24. The number of nitrogens with one attached hydrogen (secondary N) is 1. The van der Waals surface area contributed by atoms with Gasteiger partial charge in [0.1, 0.15) is 5.69 Å². The first-order valence-corrected chi connectivity index (χ1v) is 8.89. The summed E-state index contributed by atoms with van der Waals surface area (Å²) in [6, 6.07) is 4.39. The molecule has 0 aliphatic carbocycles. The van der Waals surface area contributed by atoms with Crippen molar-refractivity contribution in [3.05, 3.63) is 46.5 Å². The molecule has 134 valence electrons. The van der Waals surface area contributed by atoms with E-state index in [-0.39, 0.29) is 5.91 Å². The summed E-state index contributed by atoms with van der Waals surface area (Å²) in [6.45, 7) is 5.76. The monoisotopic (exact) mass is 341 g/mol. The summed E-state index contributed by atoms with van der Waals surface area (Å²) < 4.78 is 0. The van der Waals surface area contributed by atoms with E-state index in [1.807, 2.05) is 33.0 Å². The van der Waals surface area contributed by atoms with Crippen molar-refractivity contribution in [2.75, 3.05) is 27.2 Å². The van der Waals surface area contributed by atoms with E-state index in [2.05, 4.69) is 27.1 Å². The van der Waals surface area contributed by atoms with Gasteiger partial charge in [0.15, 0.2) is 0 Å². The van der Waals surface area contributed by atoms with Crippen LogP contribution in [0.4, 0.5) is 0 Å². The fourth-order valence-electron chi connectivity index (χ4n) is 3.62. The molecule has 1 saturated heterocycles. The molecule has 0 aromatic carbocycles. The summed E-state index contributed by atoms with van der Waals surface area (Å²) in [5, 5.41) is 7.21. The van der Waals surface area contributed by atoms with Gasteiger partial charge in [-0.05, 0) is 70.0 Å². The summed E-state index contributed by atoms with van der Waals surface area (Å²) in [7, 11) is 3.98. The summed E-state index contributed by atoms with van der Waals surface area (Å²) >= 11 is 0. The molecule has 2 aromatic heterocycles. The highest BCUT2D eigenvalue weighted by atomic mass is 16.2. The Morgan fingerprint density at radius 1 is 1.44 bits per heavy atom. The number of amides is 1. The number of hydrogen-bond donors (Lipinski definition) is 1. The van der Waals surface area contributed by atoms with Crippen LogP contribution in [0.2, 0.25) is 0 Å². The van der Waals surface area contributed by atoms with Crippen LogP contribution < -0.4 is 0 Å². The van der Waals surface area contributed by atoms with E-state index in [1.54, 1.807) is 11.1 Å². The van der Waals surface area contributed by atoms with E-state index in [4.69, 9.17) is 0 Å². The third-order valence-electron chi connectivity index (χ3n) is 5.23. The Morgan fingerprint density at radius 3 is 2.88 bits per heavy atom. The van der Waals surface area contributed by atoms with Crippen LogP contribution in [0.5, 0.6) is 0 Å². The van der Waals surface area contributed by atoms with E-state index < -0.39 is 0 Å². The second-order valence-electron chi connectivity index (χ2n) is 7.00. The molecular weight excluding hydrogens is 314 g/mol. The fraction of sp³-hybridized carbons (Fsp3) is 0.526. The number of aromatic amines is 1. The van der Waals surface area contributed by atoms with Gasteiger partial charge in [0.05, 0.1) is 5.69 Å². The second-order valence-corrected chi connectivity index (χ2v) is 7.00. The van der Waals surface area contributed by atoms with Crippen LogP contribution in [0.25, 0.3) is 0 Å². The Hall–Kier alpha value is -2.21. The quantitative estimate of drug-likeness (QED) is 0.907. The molecule has 3 rings (SSSR count). The molecule has 0 saturated carbocycles. The van der Waals surface area contributed by atoms with Crippen molar-refractivity contribution in [2.24, 2.45) is 0 Å². The Balaban J connectivity index is 1.68. The highest BCUT2D eigenvalue weighted by Crippen LogP contribution is 2.30. The smallest absolute Gasteiger partial charge is 0.272 e. The number of aryl methyl sites for hydroxylation is 2. The molecule has 6 nitrogen and oxygen atoms in total. The summed E-state index contributed by atoms with van der Waals surface area (Å²) in [5.74, 6) is -0.0266. The van der Waals surface area contributed by atoms with Crippen molar-refractivity contribution in [1.29, 1.82) is 0 Å².